The maximum atomic E-state index is 12.2. The molecule has 4 nitrogen and oxygen atoms in total. The molecule has 110 valence electrons. The molecule has 0 saturated carbocycles. The molecule has 1 aliphatic heterocycles. The standard InChI is InChI=1S/C14H18BrNO3S/c1-20(18,19)13-6-8-16(9-7-13)14(17)10-11-2-4-12(15)5-3-11/h2-5,13H,6-10H2,1H3. The Hall–Kier alpha value is -0.880. The summed E-state index contributed by atoms with van der Waals surface area (Å²) in [4.78, 5) is 13.9. The van der Waals surface area contributed by atoms with E-state index in [1.54, 1.807) is 4.90 Å². The maximum Gasteiger partial charge on any atom is 0.226 e. The number of benzene rings is 1. The molecule has 0 aliphatic carbocycles. The van der Waals surface area contributed by atoms with Crippen molar-refractivity contribution in [3.8, 4) is 0 Å². The molecule has 2 rings (SSSR count). The molecule has 0 N–H and O–H groups in total. The Labute approximate surface area is 128 Å². The first-order chi connectivity index (χ1) is 9.36. The predicted octanol–water partition coefficient (Wildman–Crippen LogP) is 2.03. The van der Waals surface area contributed by atoms with Gasteiger partial charge in [0.1, 0.15) is 9.84 Å². The van der Waals surface area contributed by atoms with Gasteiger partial charge in [0.05, 0.1) is 11.7 Å². The van der Waals surface area contributed by atoms with E-state index in [4.69, 9.17) is 0 Å². The number of nitrogens with zero attached hydrogens (tertiary/aromatic N) is 1. The van der Waals surface area contributed by atoms with Crippen LogP contribution in [-0.2, 0) is 21.1 Å². The third kappa shape index (κ3) is 4.06. The monoisotopic (exact) mass is 359 g/mol. The number of carbonyl (C=O) groups is 1. The number of likely N-dealkylation sites (tertiary alicyclic amines) is 1. The lowest BCUT2D eigenvalue weighted by Crippen LogP contribution is -2.42. The van der Waals surface area contributed by atoms with Crippen molar-refractivity contribution in [3.05, 3.63) is 34.3 Å². The van der Waals surface area contributed by atoms with Gasteiger partial charge in [-0.05, 0) is 30.5 Å². The van der Waals surface area contributed by atoms with E-state index in [1.165, 1.54) is 6.26 Å². The molecule has 0 unspecified atom stereocenters. The first-order valence-corrected chi connectivity index (χ1v) is 9.32. The van der Waals surface area contributed by atoms with Crippen LogP contribution >= 0.6 is 15.9 Å². The smallest absolute Gasteiger partial charge is 0.226 e. The summed E-state index contributed by atoms with van der Waals surface area (Å²) in [5.74, 6) is 0.0688. The van der Waals surface area contributed by atoms with E-state index < -0.39 is 9.84 Å². The van der Waals surface area contributed by atoms with Crippen molar-refractivity contribution in [1.29, 1.82) is 0 Å². The van der Waals surface area contributed by atoms with Gasteiger partial charge in [-0.1, -0.05) is 28.1 Å². The van der Waals surface area contributed by atoms with Gasteiger partial charge in [-0.25, -0.2) is 8.42 Å². The van der Waals surface area contributed by atoms with Crippen LogP contribution < -0.4 is 0 Å². The summed E-state index contributed by atoms with van der Waals surface area (Å²) in [6, 6.07) is 7.67. The van der Waals surface area contributed by atoms with Gasteiger partial charge in [0.25, 0.3) is 0 Å². The number of hydrogen-bond acceptors (Lipinski definition) is 3. The van der Waals surface area contributed by atoms with Crippen LogP contribution in [0.25, 0.3) is 0 Å². The van der Waals surface area contributed by atoms with Crippen molar-refractivity contribution >= 4 is 31.7 Å². The van der Waals surface area contributed by atoms with Crippen LogP contribution in [0.5, 0.6) is 0 Å². The molecule has 0 aromatic heterocycles. The van der Waals surface area contributed by atoms with E-state index in [1.807, 2.05) is 24.3 Å². The lowest BCUT2D eigenvalue weighted by molar-refractivity contribution is -0.131. The molecule has 20 heavy (non-hydrogen) atoms. The minimum Gasteiger partial charge on any atom is -0.342 e. The second kappa shape index (κ2) is 6.26. The molecule has 0 atom stereocenters. The zero-order valence-corrected chi connectivity index (χ0v) is 13.8. The van der Waals surface area contributed by atoms with Crippen LogP contribution in [0.15, 0.2) is 28.7 Å². The summed E-state index contributed by atoms with van der Waals surface area (Å²) in [5, 5.41) is -0.292. The number of halogens is 1. The third-order valence-electron chi connectivity index (χ3n) is 3.67. The number of sulfone groups is 1. The van der Waals surface area contributed by atoms with E-state index in [0.717, 1.165) is 10.0 Å². The number of piperidine rings is 1. The predicted molar refractivity (Wildman–Crippen MR) is 82.3 cm³/mol. The van der Waals surface area contributed by atoms with Crippen LogP contribution in [0, 0.1) is 0 Å². The topological polar surface area (TPSA) is 54.5 Å². The number of hydrogen-bond donors (Lipinski definition) is 0. The Bertz CT molecular complexity index is 575. The van der Waals surface area contributed by atoms with Crippen molar-refractivity contribution in [2.75, 3.05) is 19.3 Å². The Morgan fingerprint density at radius 1 is 1.25 bits per heavy atom. The Morgan fingerprint density at radius 2 is 1.80 bits per heavy atom. The van der Waals surface area contributed by atoms with E-state index >= 15 is 0 Å². The van der Waals surface area contributed by atoms with Crippen LogP contribution in [0.1, 0.15) is 18.4 Å². The summed E-state index contributed by atoms with van der Waals surface area (Å²) >= 11 is 3.36. The van der Waals surface area contributed by atoms with E-state index in [9.17, 15) is 13.2 Å². The highest BCUT2D eigenvalue weighted by Gasteiger charge is 2.28. The lowest BCUT2D eigenvalue weighted by Gasteiger charge is -2.31. The zero-order chi connectivity index (χ0) is 14.8. The number of amides is 1. The van der Waals surface area contributed by atoms with Crippen LogP contribution in [-0.4, -0.2) is 43.8 Å². The minimum absolute atomic E-state index is 0.0688. The van der Waals surface area contributed by atoms with E-state index in [2.05, 4.69) is 15.9 Å². The molecular formula is C14H18BrNO3S. The van der Waals surface area contributed by atoms with E-state index in [0.29, 0.717) is 32.4 Å². The van der Waals surface area contributed by atoms with Gasteiger partial charge < -0.3 is 4.90 Å². The summed E-state index contributed by atoms with van der Waals surface area (Å²) in [5.41, 5.74) is 0.975. The van der Waals surface area contributed by atoms with Crippen molar-refractivity contribution in [2.45, 2.75) is 24.5 Å². The number of rotatable bonds is 3. The first-order valence-electron chi connectivity index (χ1n) is 6.57. The van der Waals surface area contributed by atoms with Gasteiger partial charge in [-0.3, -0.25) is 4.79 Å². The van der Waals surface area contributed by atoms with Gasteiger partial charge >= 0.3 is 0 Å². The first kappa shape index (κ1) is 15.5. The second-order valence-corrected chi connectivity index (χ2v) is 8.45. The van der Waals surface area contributed by atoms with Crippen LogP contribution in [0.2, 0.25) is 0 Å². The summed E-state index contributed by atoms with van der Waals surface area (Å²) in [6.07, 6.45) is 2.74. The summed E-state index contributed by atoms with van der Waals surface area (Å²) < 4.78 is 23.9. The van der Waals surface area contributed by atoms with E-state index in [-0.39, 0.29) is 11.2 Å². The zero-order valence-electron chi connectivity index (χ0n) is 11.4. The molecule has 1 amide bonds. The Kier molecular flexibility index (Phi) is 4.86. The van der Waals surface area contributed by atoms with Gasteiger partial charge in [-0.2, -0.15) is 0 Å². The highest BCUT2D eigenvalue weighted by Crippen LogP contribution is 2.18. The Balaban J connectivity index is 1.90. The average Bonchev–Trinajstić information content (AvgIpc) is 2.40. The SMILES string of the molecule is CS(=O)(=O)C1CCN(C(=O)Cc2ccc(Br)cc2)CC1. The van der Waals surface area contributed by atoms with Crippen molar-refractivity contribution in [2.24, 2.45) is 0 Å². The normalized spacial score (nSPS) is 17.2. The molecule has 0 bridgehead atoms. The average molecular weight is 360 g/mol. The van der Waals surface area contributed by atoms with Crippen LogP contribution in [0.3, 0.4) is 0 Å². The molecule has 1 heterocycles. The molecule has 1 aromatic rings. The quantitative estimate of drug-likeness (QED) is 0.829. The molecule has 0 radical (unpaired) electrons. The molecule has 1 fully saturated rings. The summed E-state index contributed by atoms with van der Waals surface area (Å²) in [6.45, 7) is 1.07. The molecule has 6 heteroatoms. The molecular weight excluding hydrogens is 342 g/mol. The fraction of sp³-hybridized carbons (Fsp3) is 0.500. The fourth-order valence-corrected chi connectivity index (χ4v) is 3.75. The van der Waals surface area contributed by atoms with Gasteiger partial charge in [-0.15, -0.1) is 0 Å². The van der Waals surface area contributed by atoms with Gasteiger partial charge in [0.15, 0.2) is 0 Å². The summed E-state index contributed by atoms with van der Waals surface area (Å²) in [7, 11) is -2.98. The van der Waals surface area contributed by atoms with Crippen LogP contribution in [0.4, 0.5) is 0 Å². The van der Waals surface area contributed by atoms with Gasteiger partial charge in [0.2, 0.25) is 5.91 Å². The molecule has 1 aliphatic rings. The highest BCUT2D eigenvalue weighted by atomic mass is 79.9. The molecule has 0 spiro atoms. The van der Waals surface area contributed by atoms with Crippen molar-refractivity contribution in [1.82, 2.24) is 4.90 Å². The third-order valence-corrected chi connectivity index (χ3v) is 5.88. The van der Waals surface area contributed by atoms with Gasteiger partial charge in [0, 0.05) is 23.8 Å². The fourth-order valence-electron chi connectivity index (χ4n) is 2.42. The number of carbonyl (C=O) groups excluding carboxylic acids is 1. The maximum absolute atomic E-state index is 12.2. The minimum atomic E-state index is -2.98. The second-order valence-electron chi connectivity index (χ2n) is 5.21. The van der Waals surface area contributed by atoms with Crippen molar-refractivity contribution < 1.29 is 13.2 Å². The lowest BCUT2D eigenvalue weighted by atomic mass is 10.1. The molecule has 1 saturated heterocycles. The highest BCUT2D eigenvalue weighted by molar-refractivity contribution is 9.10. The largest absolute Gasteiger partial charge is 0.342 e. The van der Waals surface area contributed by atoms with Crippen molar-refractivity contribution in [3.63, 3.8) is 0 Å². The Morgan fingerprint density at radius 3 is 2.30 bits per heavy atom. The molecule has 1 aromatic carbocycles.